The molecule has 0 radical (unpaired) electrons. The van der Waals surface area contributed by atoms with Gasteiger partial charge in [-0.05, 0) is 12.0 Å². The lowest BCUT2D eigenvalue weighted by molar-refractivity contribution is 0.411. The first kappa shape index (κ1) is 14.5. The summed E-state index contributed by atoms with van der Waals surface area (Å²) in [4.78, 5) is 0. The Morgan fingerprint density at radius 1 is 1.27 bits per heavy atom. The van der Waals surface area contributed by atoms with Crippen molar-refractivity contribution < 1.29 is 4.52 Å². The van der Waals surface area contributed by atoms with E-state index in [-0.39, 0.29) is 6.04 Å². The molecule has 3 aromatic rings. The van der Waals surface area contributed by atoms with E-state index in [1.807, 2.05) is 43.5 Å². The molecule has 0 spiro atoms. The number of hydrogen-bond acceptors (Lipinski definition) is 5. The molecule has 6 heteroatoms. The molecule has 0 aliphatic rings. The molecule has 1 unspecified atom stereocenters. The molecular weight excluding hydrogens is 278 g/mol. The van der Waals surface area contributed by atoms with Crippen LogP contribution < -0.4 is 5.73 Å². The smallest absolute Gasteiger partial charge is 0.129 e. The quantitative estimate of drug-likeness (QED) is 0.753. The Kier molecular flexibility index (Phi) is 4.29. The Balaban J connectivity index is 1.66. The molecule has 0 saturated carbocycles. The predicted molar refractivity (Wildman–Crippen MR) is 82.1 cm³/mol. The minimum atomic E-state index is -0.0758. The summed E-state index contributed by atoms with van der Waals surface area (Å²) in [6.45, 7) is 2.66. The van der Waals surface area contributed by atoms with Gasteiger partial charge in [0.05, 0.1) is 17.9 Å². The lowest BCUT2D eigenvalue weighted by Crippen LogP contribution is -2.13. The van der Waals surface area contributed by atoms with Crippen LogP contribution in [0.25, 0.3) is 0 Å². The maximum atomic E-state index is 6.22. The van der Waals surface area contributed by atoms with Crippen LogP contribution >= 0.6 is 0 Å². The zero-order valence-corrected chi connectivity index (χ0v) is 12.5. The zero-order valence-electron chi connectivity index (χ0n) is 12.5. The molecule has 0 aliphatic carbocycles. The largest absolute Gasteiger partial charge is 0.364 e. The SMILES string of the molecule is CCc1nocc1Cn1cc(CC(N)c2ccccc2)nn1. The summed E-state index contributed by atoms with van der Waals surface area (Å²) < 4.78 is 6.80. The van der Waals surface area contributed by atoms with Crippen molar-refractivity contribution in [3.63, 3.8) is 0 Å². The Bertz CT molecular complexity index is 719. The fourth-order valence-electron chi connectivity index (χ4n) is 2.43. The maximum Gasteiger partial charge on any atom is 0.129 e. The van der Waals surface area contributed by atoms with Crippen molar-refractivity contribution in [1.82, 2.24) is 20.2 Å². The van der Waals surface area contributed by atoms with Crippen LogP contribution in [0, 0.1) is 0 Å². The fraction of sp³-hybridized carbons (Fsp3) is 0.312. The molecule has 0 amide bonds. The van der Waals surface area contributed by atoms with Gasteiger partial charge in [-0.25, -0.2) is 4.68 Å². The average Bonchev–Trinajstić information content (AvgIpc) is 3.18. The second kappa shape index (κ2) is 6.53. The molecule has 114 valence electrons. The lowest BCUT2D eigenvalue weighted by atomic mass is 10.0. The van der Waals surface area contributed by atoms with Crippen molar-refractivity contribution in [2.24, 2.45) is 5.73 Å². The predicted octanol–water partition coefficient (Wildman–Crippen LogP) is 2.12. The minimum Gasteiger partial charge on any atom is -0.364 e. The van der Waals surface area contributed by atoms with Gasteiger partial charge >= 0.3 is 0 Å². The normalized spacial score (nSPS) is 12.5. The third kappa shape index (κ3) is 3.23. The van der Waals surface area contributed by atoms with Gasteiger partial charge in [0.15, 0.2) is 0 Å². The van der Waals surface area contributed by atoms with E-state index in [9.17, 15) is 0 Å². The van der Waals surface area contributed by atoms with E-state index in [1.165, 1.54) is 0 Å². The van der Waals surface area contributed by atoms with Crippen LogP contribution in [0.2, 0.25) is 0 Å². The van der Waals surface area contributed by atoms with Crippen LogP contribution in [0.1, 0.15) is 35.5 Å². The second-order valence-electron chi connectivity index (χ2n) is 5.27. The Morgan fingerprint density at radius 3 is 2.86 bits per heavy atom. The minimum absolute atomic E-state index is 0.0758. The van der Waals surface area contributed by atoms with E-state index in [1.54, 1.807) is 10.9 Å². The topological polar surface area (TPSA) is 82.8 Å². The number of nitrogens with two attached hydrogens (primary N) is 1. The van der Waals surface area contributed by atoms with Crippen LogP contribution in [0.5, 0.6) is 0 Å². The van der Waals surface area contributed by atoms with Crippen molar-refractivity contribution in [2.75, 3.05) is 0 Å². The maximum absolute atomic E-state index is 6.22. The average molecular weight is 297 g/mol. The van der Waals surface area contributed by atoms with E-state index < -0.39 is 0 Å². The number of aryl methyl sites for hydroxylation is 1. The van der Waals surface area contributed by atoms with Gasteiger partial charge in [-0.3, -0.25) is 0 Å². The van der Waals surface area contributed by atoms with Gasteiger partial charge in [0, 0.05) is 24.2 Å². The number of hydrogen-bond donors (Lipinski definition) is 1. The molecule has 1 atom stereocenters. The molecule has 0 saturated heterocycles. The molecular formula is C16H19N5O. The van der Waals surface area contributed by atoms with Crippen molar-refractivity contribution in [1.29, 1.82) is 0 Å². The molecule has 3 rings (SSSR count). The highest BCUT2D eigenvalue weighted by atomic mass is 16.5. The summed E-state index contributed by atoms with van der Waals surface area (Å²) in [6, 6.07) is 9.94. The Labute approximate surface area is 128 Å². The molecule has 6 nitrogen and oxygen atoms in total. The lowest BCUT2D eigenvalue weighted by Gasteiger charge is -2.09. The van der Waals surface area contributed by atoms with Crippen molar-refractivity contribution in [3.05, 3.63) is 65.3 Å². The standard InChI is InChI=1S/C16H19N5O/c1-2-16-13(11-22-19-16)9-21-10-14(18-20-21)8-15(17)12-6-4-3-5-7-12/h3-7,10-11,15H,2,8-9,17H2,1H3. The monoisotopic (exact) mass is 297 g/mol. The summed E-state index contributed by atoms with van der Waals surface area (Å²) in [5.74, 6) is 0. The number of nitrogens with zero attached hydrogens (tertiary/aromatic N) is 4. The van der Waals surface area contributed by atoms with Crippen molar-refractivity contribution >= 4 is 0 Å². The number of aromatic nitrogens is 4. The second-order valence-corrected chi connectivity index (χ2v) is 5.27. The van der Waals surface area contributed by atoms with Crippen LogP contribution in [-0.4, -0.2) is 20.2 Å². The van der Waals surface area contributed by atoms with Gasteiger partial charge in [0.2, 0.25) is 0 Å². The molecule has 0 fully saturated rings. The number of benzene rings is 1. The van der Waals surface area contributed by atoms with Crippen molar-refractivity contribution in [3.8, 4) is 0 Å². The molecule has 22 heavy (non-hydrogen) atoms. The van der Waals surface area contributed by atoms with Gasteiger partial charge in [0.25, 0.3) is 0 Å². The Morgan fingerprint density at radius 2 is 2.09 bits per heavy atom. The van der Waals surface area contributed by atoms with E-state index in [2.05, 4.69) is 15.5 Å². The third-order valence-electron chi connectivity index (χ3n) is 3.64. The van der Waals surface area contributed by atoms with E-state index >= 15 is 0 Å². The summed E-state index contributed by atoms with van der Waals surface area (Å²) in [6.07, 6.45) is 5.09. The van der Waals surface area contributed by atoms with Crippen LogP contribution in [0.4, 0.5) is 0 Å². The summed E-state index contributed by atoms with van der Waals surface area (Å²) in [7, 11) is 0. The fourth-order valence-corrected chi connectivity index (χ4v) is 2.43. The van der Waals surface area contributed by atoms with Gasteiger partial charge in [-0.2, -0.15) is 0 Å². The summed E-state index contributed by atoms with van der Waals surface area (Å²) in [5.41, 5.74) is 10.2. The zero-order chi connectivity index (χ0) is 15.4. The first-order valence-corrected chi connectivity index (χ1v) is 7.38. The molecule has 1 aromatic carbocycles. The number of rotatable bonds is 6. The van der Waals surface area contributed by atoms with Crippen LogP contribution in [0.3, 0.4) is 0 Å². The van der Waals surface area contributed by atoms with Crippen LogP contribution in [-0.2, 0) is 19.4 Å². The first-order valence-electron chi connectivity index (χ1n) is 7.38. The molecule has 2 N–H and O–H groups in total. The highest BCUT2D eigenvalue weighted by molar-refractivity contribution is 5.20. The molecule has 0 bridgehead atoms. The first-order chi connectivity index (χ1) is 10.8. The van der Waals surface area contributed by atoms with Gasteiger partial charge in [-0.15, -0.1) is 5.10 Å². The summed E-state index contributed by atoms with van der Waals surface area (Å²) in [5, 5.41) is 12.3. The highest BCUT2D eigenvalue weighted by Crippen LogP contribution is 2.15. The van der Waals surface area contributed by atoms with Gasteiger partial charge in [-0.1, -0.05) is 47.6 Å². The molecule has 0 aliphatic heterocycles. The molecule has 2 aromatic heterocycles. The van der Waals surface area contributed by atoms with E-state index in [0.717, 1.165) is 28.9 Å². The Hall–Kier alpha value is -2.47. The highest BCUT2D eigenvalue weighted by Gasteiger charge is 2.11. The van der Waals surface area contributed by atoms with E-state index in [0.29, 0.717) is 13.0 Å². The van der Waals surface area contributed by atoms with Crippen molar-refractivity contribution in [2.45, 2.75) is 32.4 Å². The van der Waals surface area contributed by atoms with Gasteiger partial charge in [0.1, 0.15) is 6.26 Å². The summed E-state index contributed by atoms with van der Waals surface area (Å²) >= 11 is 0. The van der Waals surface area contributed by atoms with Crippen LogP contribution in [0.15, 0.2) is 47.3 Å². The van der Waals surface area contributed by atoms with E-state index in [4.69, 9.17) is 10.3 Å². The third-order valence-corrected chi connectivity index (χ3v) is 3.64. The molecule has 2 heterocycles. The van der Waals surface area contributed by atoms with Gasteiger partial charge < -0.3 is 10.3 Å².